The second-order valence-corrected chi connectivity index (χ2v) is 4.82. The van der Waals surface area contributed by atoms with Crippen molar-refractivity contribution < 1.29 is 4.42 Å². The summed E-state index contributed by atoms with van der Waals surface area (Å²) in [7, 11) is 0. The van der Waals surface area contributed by atoms with Crippen molar-refractivity contribution in [2.24, 2.45) is 0 Å². The molecule has 6 nitrogen and oxygen atoms in total. The lowest BCUT2D eigenvalue weighted by atomic mass is 10.2. The highest BCUT2D eigenvalue weighted by Gasteiger charge is 2.09. The Kier molecular flexibility index (Phi) is 3.58. The summed E-state index contributed by atoms with van der Waals surface area (Å²) in [5.41, 5.74) is 0.755. The molecule has 0 saturated carbocycles. The molecule has 0 radical (unpaired) electrons. The third kappa shape index (κ3) is 2.76. The minimum absolute atomic E-state index is 0.406. The normalized spacial score (nSPS) is 10.7. The number of hydrogen-bond acceptors (Lipinski definition) is 5. The third-order valence-electron chi connectivity index (χ3n) is 2.62. The quantitative estimate of drug-likeness (QED) is 0.772. The van der Waals surface area contributed by atoms with Gasteiger partial charge in [0, 0.05) is 10.6 Å². The standard InChI is InChI=1S/C12H9Cl2N5O/c13-7-1-3-10(14)9(5-7)11-4-2-8(20-11)6-15-12-16-18-19-17-12/h1-5H,6H2,(H2,15,16,17,18,19). The molecule has 0 aliphatic carbocycles. The van der Waals surface area contributed by atoms with Crippen LogP contribution in [0.25, 0.3) is 11.3 Å². The molecule has 2 N–H and O–H groups in total. The maximum Gasteiger partial charge on any atom is 0.263 e. The average molecular weight is 310 g/mol. The van der Waals surface area contributed by atoms with Gasteiger partial charge in [-0.05, 0) is 35.5 Å². The molecule has 0 saturated heterocycles. The van der Waals surface area contributed by atoms with E-state index in [4.69, 9.17) is 27.6 Å². The monoisotopic (exact) mass is 309 g/mol. The van der Waals surface area contributed by atoms with Crippen LogP contribution in [-0.2, 0) is 6.54 Å². The lowest BCUT2D eigenvalue weighted by molar-refractivity contribution is 0.531. The average Bonchev–Trinajstić information content (AvgIpc) is 3.10. The number of furan rings is 1. The van der Waals surface area contributed by atoms with Crippen LogP contribution in [0.2, 0.25) is 10.0 Å². The van der Waals surface area contributed by atoms with Crippen molar-refractivity contribution in [2.75, 3.05) is 5.32 Å². The maximum absolute atomic E-state index is 6.13. The van der Waals surface area contributed by atoms with Crippen LogP contribution in [0, 0.1) is 0 Å². The number of H-pyrrole nitrogens is 1. The van der Waals surface area contributed by atoms with Crippen molar-refractivity contribution in [2.45, 2.75) is 6.54 Å². The Morgan fingerprint density at radius 3 is 2.90 bits per heavy atom. The summed E-state index contributed by atoms with van der Waals surface area (Å²) in [5.74, 6) is 1.78. The van der Waals surface area contributed by atoms with E-state index in [1.165, 1.54) is 0 Å². The first kappa shape index (κ1) is 13.0. The summed E-state index contributed by atoms with van der Waals surface area (Å²) in [5, 5.41) is 17.5. The van der Waals surface area contributed by atoms with E-state index in [0.29, 0.717) is 28.3 Å². The second kappa shape index (κ2) is 5.52. The van der Waals surface area contributed by atoms with Crippen molar-refractivity contribution in [3.05, 3.63) is 46.1 Å². The van der Waals surface area contributed by atoms with E-state index in [1.807, 2.05) is 12.1 Å². The highest BCUT2D eigenvalue weighted by atomic mass is 35.5. The predicted octanol–water partition coefficient (Wildman–Crippen LogP) is 3.38. The molecule has 0 bridgehead atoms. The number of rotatable bonds is 4. The largest absolute Gasteiger partial charge is 0.459 e. The van der Waals surface area contributed by atoms with Gasteiger partial charge in [-0.25, -0.2) is 0 Å². The summed E-state index contributed by atoms with van der Waals surface area (Å²) in [6.45, 7) is 0.442. The van der Waals surface area contributed by atoms with Gasteiger partial charge < -0.3 is 9.73 Å². The molecular weight excluding hydrogens is 301 g/mol. The Morgan fingerprint density at radius 1 is 1.20 bits per heavy atom. The fourth-order valence-corrected chi connectivity index (χ4v) is 2.09. The van der Waals surface area contributed by atoms with Gasteiger partial charge in [-0.2, -0.15) is 5.21 Å². The summed E-state index contributed by atoms with van der Waals surface area (Å²) in [6, 6.07) is 8.91. The summed E-state index contributed by atoms with van der Waals surface area (Å²) in [6.07, 6.45) is 0. The van der Waals surface area contributed by atoms with Crippen molar-refractivity contribution in [1.82, 2.24) is 20.6 Å². The second-order valence-electron chi connectivity index (χ2n) is 3.98. The van der Waals surface area contributed by atoms with Crippen LogP contribution in [0.5, 0.6) is 0 Å². The van der Waals surface area contributed by atoms with Crippen LogP contribution < -0.4 is 5.32 Å². The topological polar surface area (TPSA) is 79.6 Å². The Labute approximate surface area is 124 Å². The van der Waals surface area contributed by atoms with E-state index in [9.17, 15) is 0 Å². The minimum atomic E-state index is 0.406. The van der Waals surface area contributed by atoms with E-state index < -0.39 is 0 Å². The molecule has 8 heteroatoms. The number of aromatic amines is 1. The Bertz CT molecular complexity index is 710. The molecule has 1 aromatic carbocycles. The van der Waals surface area contributed by atoms with Crippen LogP contribution in [-0.4, -0.2) is 20.6 Å². The van der Waals surface area contributed by atoms with Gasteiger partial charge in [-0.3, -0.25) is 0 Å². The van der Waals surface area contributed by atoms with Crippen molar-refractivity contribution in [3.8, 4) is 11.3 Å². The zero-order valence-corrected chi connectivity index (χ0v) is 11.6. The van der Waals surface area contributed by atoms with Gasteiger partial charge in [0.2, 0.25) is 0 Å². The van der Waals surface area contributed by atoms with Gasteiger partial charge in [0.1, 0.15) is 11.5 Å². The highest BCUT2D eigenvalue weighted by molar-refractivity contribution is 6.35. The van der Waals surface area contributed by atoms with Crippen molar-refractivity contribution >= 4 is 29.2 Å². The first-order chi connectivity index (χ1) is 9.72. The number of aromatic nitrogens is 4. The molecule has 0 aliphatic rings. The molecule has 0 aliphatic heterocycles. The van der Waals surface area contributed by atoms with Crippen molar-refractivity contribution in [3.63, 3.8) is 0 Å². The highest BCUT2D eigenvalue weighted by Crippen LogP contribution is 2.31. The maximum atomic E-state index is 6.13. The SMILES string of the molecule is Clc1ccc(Cl)c(-c2ccc(CNc3nn[nH]n3)o2)c1. The molecule has 3 aromatic rings. The molecule has 0 fully saturated rings. The zero-order chi connectivity index (χ0) is 13.9. The van der Waals surface area contributed by atoms with E-state index in [1.54, 1.807) is 18.2 Å². The third-order valence-corrected chi connectivity index (χ3v) is 3.19. The van der Waals surface area contributed by atoms with Gasteiger partial charge in [0.15, 0.2) is 0 Å². The molecule has 0 unspecified atom stereocenters. The molecule has 102 valence electrons. The van der Waals surface area contributed by atoms with E-state index in [-0.39, 0.29) is 0 Å². The fourth-order valence-electron chi connectivity index (χ4n) is 1.71. The smallest absolute Gasteiger partial charge is 0.263 e. The minimum Gasteiger partial charge on any atom is -0.459 e. The summed E-state index contributed by atoms with van der Waals surface area (Å²) < 4.78 is 5.71. The zero-order valence-electron chi connectivity index (χ0n) is 10.1. The van der Waals surface area contributed by atoms with Gasteiger partial charge in [0.25, 0.3) is 5.95 Å². The van der Waals surface area contributed by atoms with Crippen LogP contribution in [0.3, 0.4) is 0 Å². The van der Waals surface area contributed by atoms with E-state index in [2.05, 4.69) is 25.9 Å². The van der Waals surface area contributed by atoms with Crippen LogP contribution >= 0.6 is 23.2 Å². The van der Waals surface area contributed by atoms with Gasteiger partial charge in [-0.1, -0.05) is 28.3 Å². The molecule has 0 amide bonds. The van der Waals surface area contributed by atoms with Crippen LogP contribution in [0.1, 0.15) is 5.76 Å². The number of nitrogens with one attached hydrogen (secondary N) is 2. The first-order valence-electron chi connectivity index (χ1n) is 5.74. The summed E-state index contributed by atoms with van der Waals surface area (Å²) in [4.78, 5) is 0. The van der Waals surface area contributed by atoms with Gasteiger partial charge in [0.05, 0.1) is 11.6 Å². The number of nitrogens with zero attached hydrogens (tertiary/aromatic N) is 3. The Hall–Kier alpha value is -2.05. The number of anilines is 1. The van der Waals surface area contributed by atoms with E-state index in [0.717, 1.165) is 11.3 Å². The summed E-state index contributed by atoms with van der Waals surface area (Å²) >= 11 is 12.1. The number of halogens is 2. The Balaban J connectivity index is 1.77. The first-order valence-corrected chi connectivity index (χ1v) is 6.49. The molecule has 2 aromatic heterocycles. The molecule has 20 heavy (non-hydrogen) atoms. The molecular formula is C12H9Cl2N5O. The molecule has 3 rings (SSSR count). The van der Waals surface area contributed by atoms with Gasteiger partial charge in [-0.15, -0.1) is 5.10 Å². The lowest BCUT2D eigenvalue weighted by Crippen LogP contribution is -1.99. The molecule has 0 atom stereocenters. The number of hydrogen-bond donors (Lipinski definition) is 2. The number of tetrazole rings is 1. The number of benzene rings is 1. The fraction of sp³-hybridized carbons (Fsp3) is 0.0833. The molecule has 2 heterocycles. The van der Waals surface area contributed by atoms with Gasteiger partial charge >= 0.3 is 0 Å². The van der Waals surface area contributed by atoms with Crippen LogP contribution in [0.15, 0.2) is 34.7 Å². The van der Waals surface area contributed by atoms with Crippen molar-refractivity contribution in [1.29, 1.82) is 0 Å². The lowest BCUT2D eigenvalue weighted by Gasteiger charge is -2.02. The predicted molar refractivity (Wildman–Crippen MR) is 75.7 cm³/mol. The Morgan fingerprint density at radius 2 is 2.10 bits per heavy atom. The van der Waals surface area contributed by atoms with Crippen LogP contribution in [0.4, 0.5) is 5.95 Å². The van der Waals surface area contributed by atoms with E-state index >= 15 is 0 Å². The molecule has 0 spiro atoms.